The highest BCUT2D eigenvalue weighted by Crippen LogP contribution is 2.30. The lowest BCUT2D eigenvalue weighted by Gasteiger charge is -2.16. The van der Waals surface area contributed by atoms with E-state index >= 15 is 0 Å². The third-order valence-corrected chi connectivity index (χ3v) is 3.76. The van der Waals surface area contributed by atoms with Gasteiger partial charge >= 0.3 is 0 Å². The Kier molecular flexibility index (Phi) is 3.57. The molecule has 3 rings (SSSR count). The summed E-state index contributed by atoms with van der Waals surface area (Å²) in [7, 11) is 0. The SMILES string of the molecule is CCCN1C(=O)Cc2ccc(C(=O)c3ccccc3)cc21. The van der Waals surface area contributed by atoms with Gasteiger partial charge in [-0.2, -0.15) is 0 Å². The van der Waals surface area contributed by atoms with Crippen LogP contribution in [0.3, 0.4) is 0 Å². The van der Waals surface area contributed by atoms with Gasteiger partial charge in [-0.15, -0.1) is 0 Å². The molecule has 0 saturated carbocycles. The van der Waals surface area contributed by atoms with Gasteiger partial charge in [0.25, 0.3) is 0 Å². The number of hydrogen-bond acceptors (Lipinski definition) is 2. The van der Waals surface area contributed by atoms with Crippen LogP contribution in [0.1, 0.15) is 34.8 Å². The molecule has 3 nitrogen and oxygen atoms in total. The molecule has 0 saturated heterocycles. The van der Waals surface area contributed by atoms with Gasteiger partial charge in [-0.1, -0.05) is 49.4 Å². The van der Waals surface area contributed by atoms with E-state index in [-0.39, 0.29) is 11.7 Å². The van der Waals surface area contributed by atoms with E-state index < -0.39 is 0 Å². The van der Waals surface area contributed by atoms with E-state index in [2.05, 4.69) is 0 Å². The van der Waals surface area contributed by atoms with E-state index in [0.29, 0.717) is 24.1 Å². The van der Waals surface area contributed by atoms with Crippen LogP contribution in [0, 0.1) is 0 Å². The topological polar surface area (TPSA) is 37.4 Å². The van der Waals surface area contributed by atoms with Crippen molar-refractivity contribution >= 4 is 17.4 Å². The van der Waals surface area contributed by atoms with E-state index in [1.54, 1.807) is 4.90 Å². The van der Waals surface area contributed by atoms with E-state index in [9.17, 15) is 9.59 Å². The zero-order valence-electron chi connectivity index (χ0n) is 12.0. The zero-order chi connectivity index (χ0) is 14.8. The number of nitrogens with zero attached hydrogens (tertiary/aromatic N) is 1. The van der Waals surface area contributed by atoms with Crippen molar-refractivity contribution < 1.29 is 9.59 Å². The Hall–Kier alpha value is -2.42. The summed E-state index contributed by atoms with van der Waals surface area (Å²) >= 11 is 0. The summed E-state index contributed by atoms with van der Waals surface area (Å²) in [6.45, 7) is 2.75. The molecular formula is C18H17NO2. The Labute approximate surface area is 124 Å². The zero-order valence-corrected chi connectivity index (χ0v) is 12.0. The van der Waals surface area contributed by atoms with Crippen LogP contribution in [-0.4, -0.2) is 18.2 Å². The molecule has 0 radical (unpaired) electrons. The molecular weight excluding hydrogens is 262 g/mol. The van der Waals surface area contributed by atoms with E-state index in [4.69, 9.17) is 0 Å². The van der Waals surface area contributed by atoms with Crippen LogP contribution in [0.2, 0.25) is 0 Å². The van der Waals surface area contributed by atoms with Crippen LogP contribution in [0.25, 0.3) is 0 Å². The maximum absolute atomic E-state index is 12.5. The minimum absolute atomic E-state index is 0.00537. The molecule has 2 aromatic carbocycles. The number of ketones is 1. The number of carbonyl (C=O) groups excluding carboxylic acids is 2. The van der Waals surface area contributed by atoms with Gasteiger partial charge in [0.05, 0.1) is 6.42 Å². The van der Waals surface area contributed by atoms with Crippen molar-refractivity contribution in [1.82, 2.24) is 0 Å². The van der Waals surface area contributed by atoms with Gasteiger partial charge in [-0.05, 0) is 18.1 Å². The Morgan fingerprint density at radius 2 is 1.86 bits per heavy atom. The standard InChI is InChI=1S/C18H17NO2/c1-2-10-19-16-11-15(9-8-14(16)12-17(19)20)18(21)13-6-4-3-5-7-13/h3-9,11H,2,10,12H2,1H3. The van der Waals surface area contributed by atoms with Crippen LogP contribution in [0.15, 0.2) is 48.5 Å². The van der Waals surface area contributed by atoms with Gasteiger partial charge in [0, 0.05) is 23.4 Å². The fourth-order valence-electron chi connectivity index (χ4n) is 2.72. The highest BCUT2D eigenvalue weighted by molar-refractivity contribution is 6.11. The monoisotopic (exact) mass is 279 g/mol. The number of benzene rings is 2. The van der Waals surface area contributed by atoms with Crippen LogP contribution < -0.4 is 4.90 Å². The van der Waals surface area contributed by atoms with E-state index in [1.165, 1.54) is 0 Å². The molecule has 0 bridgehead atoms. The van der Waals surface area contributed by atoms with Crippen LogP contribution in [0.5, 0.6) is 0 Å². The molecule has 0 atom stereocenters. The molecule has 2 aromatic rings. The number of carbonyl (C=O) groups is 2. The van der Waals surface area contributed by atoms with E-state index in [1.807, 2.05) is 55.5 Å². The maximum atomic E-state index is 12.5. The summed E-state index contributed by atoms with van der Waals surface area (Å²) < 4.78 is 0. The van der Waals surface area contributed by atoms with Gasteiger partial charge in [0.2, 0.25) is 5.91 Å². The van der Waals surface area contributed by atoms with Gasteiger partial charge in [-0.3, -0.25) is 9.59 Å². The first-order chi connectivity index (χ1) is 10.2. The summed E-state index contributed by atoms with van der Waals surface area (Å²) in [5.41, 5.74) is 3.21. The summed E-state index contributed by atoms with van der Waals surface area (Å²) in [6, 6.07) is 14.8. The maximum Gasteiger partial charge on any atom is 0.231 e. The Morgan fingerprint density at radius 3 is 2.57 bits per heavy atom. The van der Waals surface area contributed by atoms with Crippen molar-refractivity contribution in [2.75, 3.05) is 11.4 Å². The minimum Gasteiger partial charge on any atom is -0.312 e. The summed E-state index contributed by atoms with van der Waals surface area (Å²) in [5, 5.41) is 0. The molecule has 1 aliphatic rings. The lowest BCUT2D eigenvalue weighted by Crippen LogP contribution is -2.27. The van der Waals surface area contributed by atoms with Crippen molar-refractivity contribution in [3.8, 4) is 0 Å². The second-order valence-electron chi connectivity index (χ2n) is 5.26. The van der Waals surface area contributed by atoms with Crippen LogP contribution in [0.4, 0.5) is 5.69 Å². The minimum atomic E-state index is -0.00537. The predicted molar refractivity (Wildman–Crippen MR) is 82.7 cm³/mol. The van der Waals surface area contributed by atoms with Gasteiger partial charge < -0.3 is 4.90 Å². The average molecular weight is 279 g/mol. The fourth-order valence-corrected chi connectivity index (χ4v) is 2.72. The van der Waals surface area contributed by atoms with Crippen molar-refractivity contribution in [1.29, 1.82) is 0 Å². The first kappa shape index (κ1) is 13.6. The molecule has 0 unspecified atom stereocenters. The second kappa shape index (κ2) is 5.52. The number of rotatable bonds is 4. The molecule has 0 N–H and O–H groups in total. The molecule has 0 fully saturated rings. The number of amides is 1. The molecule has 1 heterocycles. The lowest BCUT2D eigenvalue weighted by atomic mass is 10.0. The molecule has 0 aliphatic carbocycles. The molecule has 0 spiro atoms. The molecule has 0 aromatic heterocycles. The quantitative estimate of drug-likeness (QED) is 0.806. The van der Waals surface area contributed by atoms with Crippen molar-refractivity contribution in [3.05, 3.63) is 65.2 Å². The van der Waals surface area contributed by atoms with Crippen LogP contribution >= 0.6 is 0 Å². The summed E-state index contributed by atoms with van der Waals surface area (Å²) in [6.07, 6.45) is 1.34. The average Bonchev–Trinajstić information content (AvgIpc) is 2.83. The van der Waals surface area contributed by atoms with Crippen molar-refractivity contribution in [2.24, 2.45) is 0 Å². The number of anilines is 1. The normalized spacial score (nSPS) is 13.4. The smallest absolute Gasteiger partial charge is 0.231 e. The molecule has 1 amide bonds. The summed E-state index contributed by atoms with van der Waals surface area (Å²) in [5.74, 6) is 0.116. The largest absolute Gasteiger partial charge is 0.312 e. The van der Waals surface area contributed by atoms with Gasteiger partial charge in [0.1, 0.15) is 0 Å². The molecule has 106 valence electrons. The Balaban J connectivity index is 1.97. The summed E-state index contributed by atoms with van der Waals surface area (Å²) in [4.78, 5) is 26.3. The highest BCUT2D eigenvalue weighted by Gasteiger charge is 2.27. The number of hydrogen-bond donors (Lipinski definition) is 0. The molecule has 3 heteroatoms. The third kappa shape index (κ3) is 2.47. The first-order valence-corrected chi connectivity index (χ1v) is 7.23. The Bertz CT molecular complexity index is 692. The highest BCUT2D eigenvalue weighted by atomic mass is 16.2. The van der Waals surface area contributed by atoms with Gasteiger partial charge in [0.15, 0.2) is 5.78 Å². The van der Waals surface area contributed by atoms with Gasteiger partial charge in [-0.25, -0.2) is 0 Å². The number of fused-ring (bicyclic) bond motifs is 1. The predicted octanol–water partition coefficient (Wildman–Crippen LogP) is 3.22. The van der Waals surface area contributed by atoms with Crippen molar-refractivity contribution in [2.45, 2.75) is 19.8 Å². The van der Waals surface area contributed by atoms with Crippen LogP contribution in [-0.2, 0) is 11.2 Å². The fraction of sp³-hybridized carbons (Fsp3) is 0.222. The lowest BCUT2D eigenvalue weighted by molar-refractivity contribution is -0.117. The Morgan fingerprint density at radius 1 is 1.10 bits per heavy atom. The van der Waals surface area contributed by atoms with Crippen molar-refractivity contribution in [3.63, 3.8) is 0 Å². The van der Waals surface area contributed by atoms with E-state index in [0.717, 1.165) is 17.7 Å². The second-order valence-corrected chi connectivity index (χ2v) is 5.26. The third-order valence-electron chi connectivity index (χ3n) is 3.76. The molecule has 1 aliphatic heterocycles. The first-order valence-electron chi connectivity index (χ1n) is 7.23. The molecule has 21 heavy (non-hydrogen) atoms.